The van der Waals surface area contributed by atoms with Crippen molar-refractivity contribution in [3.05, 3.63) is 16.7 Å². The molecule has 0 aromatic carbocycles. The van der Waals surface area contributed by atoms with Gasteiger partial charge >= 0.3 is 0 Å². The number of hydrogen-bond donors (Lipinski definition) is 1. The Hall–Kier alpha value is -0.850. The molecular formula is C13H22BrN5. The van der Waals surface area contributed by atoms with E-state index in [4.69, 9.17) is 5.73 Å². The Labute approximate surface area is 123 Å². The second-order valence-corrected chi connectivity index (χ2v) is 6.11. The molecule has 2 rings (SSSR count). The van der Waals surface area contributed by atoms with Crippen LogP contribution in [-0.4, -0.2) is 68.1 Å². The molecule has 2 N–H and O–H groups in total. The van der Waals surface area contributed by atoms with E-state index in [-0.39, 0.29) is 0 Å². The van der Waals surface area contributed by atoms with E-state index >= 15 is 0 Å². The van der Waals surface area contributed by atoms with Gasteiger partial charge in [0.05, 0.1) is 5.69 Å². The van der Waals surface area contributed by atoms with Crippen molar-refractivity contribution in [1.82, 2.24) is 14.8 Å². The molecule has 1 aliphatic rings. The zero-order valence-electron chi connectivity index (χ0n) is 11.6. The highest BCUT2D eigenvalue weighted by atomic mass is 79.9. The summed E-state index contributed by atoms with van der Waals surface area (Å²) in [6, 6.07) is 1.92. The SMILES string of the molecule is CN(C)CCN1CCN(c2ncc(Br)cc2N)CC1. The summed E-state index contributed by atoms with van der Waals surface area (Å²) in [7, 11) is 4.23. The number of hydrogen-bond acceptors (Lipinski definition) is 5. The van der Waals surface area contributed by atoms with E-state index in [0.29, 0.717) is 0 Å². The van der Waals surface area contributed by atoms with Crippen LogP contribution >= 0.6 is 15.9 Å². The molecule has 0 aliphatic carbocycles. The third-order valence-electron chi connectivity index (χ3n) is 3.40. The number of halogens is 1. The maximum absolute atomic E-state index is 6.03. The van der Waals surface area contributed by atoms with Crippen LogP contribution in [-0.2, 0) is 0 Å². The lowest BCUT2D eigenvalue weighted by molar-refractivity contribution is 0.229. The number of likely N-dealkylation sites (N-methyl/N-ethyl adjacent to an activating group) is 1. The van der Waals surface area contributed by atoms with Crippen molar-refractivity contribution in [3.63, 3.8) is 0 Å². The van der Waals surface area contributed by atoms with Gasteiger partial charge in [0.2, 0.25) is 0 Å². The van der Waals surface area contributed by atoms with Crippen molar-refractivity contribution in [2.75, 3.05) is 64.0 Å². The van der Waals surface area contributed by atoms with Crippen molar-refractivity contribution in [2.45, 2.75) is 0 Å². The van der Waals surface area contributed by atoms with E-state index in [9.17, 15) is 0 Å². The van der Waals surface area contributed by atoms with Gasteiger partial charge in [-0.3, -0.25) is 4.90 Å². The Morgan fingerprint density at radius 2 is 2.00 bits per heavy atom. The number of pyridine rings is 1. The standard InChI is InChI=1S/C13H22BrN5/c1-17(2)3-4-18-5-7-19(8-6-18)13-12(15)9-11(14)10-16-13/h9-10H,3-8,15H2,1-2H3. The molecule has 106 valence electrons. The summed E-state index contributed by atoms with van der Waals surface area (Å²) in [6.45, 7) is 6.37. The zero-order valence-corrected chi connectivity index (χ0v) is 13.2. The average Bonchev–Trinajstić information content (AvgIpc) is 2.37. The van der Waals surface area contributed by atoms with Gasteiger partial charge in [0.15, 0.2) is 5.82 Å². The van der Waals surface area contributed by atoms with Gasteiger partial charge in [-0.1, -0.05) is 0 Å². The molecule has 5 nitrogen and oxygen atoms in total. The Morgan fingerprint density at radius 3 is 2.58 bits per heavy atom. The summed E-state index contributed by atoms with van der Waals surface area (Å²) in [5.74, 6) is 0.912. The van der Waals surface area contributed by atoms with E-state index in [1.54, 1.807) is 0 Å². The van der Waals surface area contributed by atoms with Gasteiger partial charge in [-0.05, 0) is 36.1 Å². The van der Waals surface area contributed by atoms with Crippen molar-refractivity contribution in [1.29, 1.82) is 0 Å². The van der Waals surface area contributed by atoms with Crippen LogP contribution in [0, 0.1) is 0 Å². The molecule has 6 heteroatoms. The van der Waals surface area contributed by atoms with Crippen LogP contribution in [0.3, 0.4) is 0 Å². The zero-order chi connectivity index (χ0) is 13.8. The van der Waals surface area contributed by atoms with Crippen LogP contribution in [0.5, 0.6) is 0 Å². The number of nitrogens with two attached hydrogens (primary N) is 1. The summed E-state index contributed by atoms with van der Waals surface area (Å²) >= 11 is 3.39. The van der Waals surface area contributed by atoms with Crippen LogP contribution in [0.4, 0.5) is 11.5 Å². The monoisotopic (exact) mass is 327 g/mol. The Morgan fingerprint density at radius 1 is 1.32 bits per heavy atom. The number of nitrogens with zero attached hydrogens (tertiary/aromatic N) is 4. The molecule has 0 unspecified atom stereocenters. The highest BCUT2D eigenvalue weighted by molar-refractivity contribution is 9.10. The Balaban J connectivity index is 1.89. The lowest BCUT2D eigenvalue weighted by Crippen LogP contribution is -2.48. The number of rotatable bonds is 4. The first-order valence-electron chi connectivity index (χ1n) is 6.59. The molecule has 0 radical (unpaired) electrons. The van der Waals surface area contributed by atoms with E-state index in [1.807, 2.05) is 12.3 Å². The van der Waals surface area contributed by atoms with E-state index in [0.717, 1.165) is 55.2 Å². The van der Waals surface area contributed by atoms with Gasteiger partial charge in [0.25, 0.3) is 0 Å². The van der Waals surface area contributed by atoms with Gasteiger partial charge in [0, 0.05) is 49.9 Å². The van der Waals surface area contributed by atoms with Crippen molar-refractivity contribution in [3.8, 4) is 0 Å². The van der Waals surface area contributed by atoms with Crippen LogP contribution < -0.4 is 10.6 Å². The fraction of sp³-hybridized carbons (Fsp3) is 0.615. The van der Waals surface area contributed by atoms with Crippen LogP contribution in [0.2, 0.25) is 0 Å². The number of anilines is 2. The molecule has 1 aromatic heterocycles. The fourth-order valence-electron chi connectivity index (χ4n) is 2.24. The Kier molecular flexibility index (Phi) is 5.01. The predicted octanol–water partition coefficient (Wildman–Crippen LogP) is 1.11. The van der Waals surface area contributed by atoms with Gasteiger partial charge in [-0.15, -0.1) is 0 Å². The minimum atomic E-state index is 0.746. The summed E-state index contributed by atoms with van der Waals surface area (Å²) in [6.07, 6.45) is 1.81. The molecule has 0 spiro atoms. The lowest BCUT2D eigenvalue weighted by atomic mass is 10.3. The molecule has 0 atom stereocenters. The lowest BCUT2D eigenvalue weighted by Gasteiger charge is -2.36. The maximum atomic E-state index is 6.03. The van der Waals surface area contributed by atoms with Gasteiger partial charge in [0.1, 0.15) is 0 Å². The topological polar surface area (TPSA) is 48.6 Å². The first-order valence-corrected chi connectivity index (χ1v) is 7.38. The van der Waals surface area contributed by atoms with Crippen LogP contribution in [0.15, 0.2) is 16.7 Å². The fourth-order valence-corrected chi connectivity index (χ4v) is 2.59. The minimum Gasteiger partial charge on any atom is -0.396 e. The van der Waals surface area contributed by atoms with Crippen LogP contribution in [0.25, 0.3) is 0 Å². The molecule has 1 saturated heterocycles. The predicted molar refractivity (Wildman–Crippen MR) is 83.6 cm³/mol. The second-order valence-electron chi connectivity index (χ2n) is 5.20. The smallest absolute Gasteiger partial charge is 0.151 e. The first kappa shape index (κ1) is 14.6. The molecule has 2 heterocycles. The molecule has 0 saturated carbocycles. The third kappa shape index (κ3) is 4.06. The normalized spacial score (nSPS) is 17.2. The number of aromatic nitrogens is 1. The third-order valence-corrected chi connectivity index (χ3v) is 3.83. The minimum absolute atomic E-state index is 0.746. The quantitative estimate of drug-likeness (QED) is 0.897. The summed E-state index contributed by atoms with van der Waals surface area (Å²) in [4.78, 5) is 11.4. The summed E-state index contributed by atoms with van der Waals surface area (Å²) in [5.41, 5.74) is 6.78. The van der Waals surface area contributed by atoms with Gasteiger partial charge in [-0.25, -0.2) is 4.98 Å². The Bertz CT molecular complexity index is 415. The molecule has 0 amide bonds. The summed E-state index contributed by atoms with van der Waals surface area (Å²) in [5, 5.41) is 0. The van der Waals surface area contributed by atoms with Crippen molar-refractivity contribution >= 4 is 27.4 Å². The van der Waals surface area contributed by atoms with Crippen molar-refractivity contribution in [2.24, 2.45) is 0 Å². The van der Waals surface area contributed by atoms with Gasteiger partial charge < -0.3 is 15.5 Å². The van der Waals surface area contributed by atoms with Gasteiger partial charge in [-0.2, -0.15) is 0 Å². The molecular weight excluding hydrogens is 306 g/mol. The average molecular weight is 328 g/mol. The first-order chi connectivity index (χ1) is 9.06. The van der Waals surface area contributed by atoms with Crippen LogP contribution in [0.1, 0.15) is 0 Å². The molecule has 0 bridgehead atoms. The molecule has 19 heavy (non-hydrogen) atoms. The number of piperazine rings is 1. The largest absolute Gasteiger partial charge is 0.396 e. The molecule has 1 fully saturated rings. The van der Waals surface area contributed by atoms with E-state index < -0.39 is 0 Å². The highest BCUT2D eigenvalue weighted by Crippen LogP contribution is 2.24. The highest BCUT2D eigenvalue weighted by Gasteiger charge is 2.19. The summed E-state index contributed by atoms with van der Waals surface area (Å²) < 4.78 is 0.929. The molecule has 1 aliphatic heterocycles. The van der Waals surface area contributed by atoms with E-state index in [2.05, 4.69) is 49.7 Å². The molecule has 1 aromatic rings. The van der Waals surface area contributed by atoms with E-state index in [1.165, 1.54) is 0 Å². The number of nitrogen functional groups attached to an aromatic ring is 1. The second kappa shape index (κ2) is 6.54. The van der Waals surface area contributed by atoms with Crippen molar-refractivity contribution < 1.29 is 0 Å². The maximum Gasteiger partial charge on any atom is 0.151 e.